The van der Waals surface area contributed by atoms with Crippen LogP contribution in [-0.2, 0) is 14.8 Å². The molecule has 0 aliphatic carbocycles. The summed E-state index contributed by atoms with van der Waals surface area (Å²) >= 11 is 0. The second kappa shape index (κ2) is 7.17. The van der Waals surface area contributed by atoms with Gasteiger partial charge in [-0.05, 0) is 6.07 Å². The number of nitrogens with one attached hydrogen (secondary N) is 1. The van der Waals surface area contributed by atoms with Gasteiger partial charge in [-0.2, -0.15) is 0 Å². The highest BCUT2D eigenvalue weighted by Crippen LogP contribution is 2.31. The number of hydrogen-bond acceptors (Lipinski definition) is 8. The van der Waals surface area contributed by atoms with Crippen LogP contribution in [0.3, 0.4) is 0 Å². The molecule has 0 aliphatic rings. The number of nitro benzene ring substituents is 1. The highest BCUT2D eigenvalue weighted by atomic mass is 32.2. The van der Waals surface area contributed by atoms with E-state index in [2.05, 4.69) is 4.72 Å². The van der Waals surface area contributed by atoms with E-state index >= 15 is 0 Å². The molecule has 0 spiro atoms. The van der Waals surface area contributed by atoms with Crippen molar-refractivity contribution in [1.29, 1.82) is 0 Å². The van der Waals surface area contributed by atoms with Gasteiger partial charge in [0.2, 0.25) is 10.0 Å². The maximum Gasteiger partial charge on any atom is 0.295 e. The molecule has 21 heavy (non-hydrogen) atoms. The Morgan fingerprint density at radius 1 is 1.33 bits per heavy atom. The van der Waals surface area contributed by atoms with Crippen molar-refractivity contribution in [2.45, 2.75) is 4.90 Å². The molecule has 0 radical (unpaired) electrons. The highest BCUT2D eigenvalue weighted by molar-refractivity contribution is 7.89. The lowest BCUT2D eigenvalue weighted by Crippen LogP contribution is -2.28. The number of sulfonamides is 1. The van der Waals surface area contributed by atoms with E-state index < -0.39 is 31.2 Å². The third-order valence-electron chi connectivity index (χ3n) is 2.40. The molecule has 10 nitrogen and oxygen atoms in total. The van der Waals surface area contributed by atoms with Gasteiger partial charge in [0.1, 0.15) is 10.6 Å². The van der Waals surface area contributed by atoms with Crippen molar-refractivity contribution in [2.24, 2.45) is 0 Å². The van der Waals surface area contributed by atoms with Gasteiger partial charge >= 0.3 is 0 Å². The van der Waals surface area contributed by atoms with Gasteiger partial charge < -0.3 is 21.3 Å². The molecule has 118 valence electrons. The van der Waals surface area contributed by atoms with Gasteiger partial charge in [-0.25, -0.2) is 13.1 Å². The van der Waals surface area contributed by atoms with E-state index in [0.29, 0.717) is 0 Å². The van der Waals surface area contributed by atoms with Crippen LogP contribution in [0.2, 0.25) is 0 Å². The maximum absolute atomic E-state index is 12.0. The fraction of sp³-hybridized carbons (Fsp3) is 0.400. The summed E-state index contributed by atoms with van der Waals surface area (Å²) in [6.07, 6.45) is 0. The molecule has 6 N–H and O–H groups in total. The zero-order chi connectivity index (χ0) is 16.0. The van der Waals surface area contributed by atoms with Crippen LogP contribution in [0, 0.1) is 10.1 Å². The number of aliphatic hydroxyl groups is 1. The van der Waals surface area contributed by atoms with E-state index in [4.69, 9.17) is 21.3 Å². The maximum atomic E-state index is 12.0. The van der Waals surface area contributed by atoms with Crippen LogP contribution in [0.1, 0.15) is 0 Å². The lowest BCUT2D eigenvalue weighted by molar-refractivity contribution is -0.384. The molecular formula is C10H16N4O6S. The molecular weight excluding hydrogens is 304 g/mol. The first-order valence-electron chi connectivity index (χ1n) is 5.81. The number of nitrogen functional groups attached to an aromatic ring is 2. The summed E-state index contributed by atoms with van der Waals surface area (Å²) in [5, 5.41) is 19.3. The molecule has 0 bridgehead atoms. The molecule has 0 saturated carbocycles. The van der Waals surface area contributed by atoms with Crippen LogP contribution in [0.15, 0.2) is 17.0 Å². The van der Waals surface area contributed by atoms with Crippen molar-refractivity contribution in [1.82, 2.24) is 4.72 Å². The van der Waals surface area contributed by atoms with Gasteiger partial charge in [-0.15, -0.1) is 0 Å². The van der Waals surface area contributed by atoms with E-state index in [1.807, 2.05) is 0 Å². The summed E-state index contributed by atoms with van der Waals surface area (Å²) in [5.41, 5.74) is 9.81. The van der Waals surface area contributed by atoms with Gasteiger partial charge in [-0.3, -0.25) is 10.1 Å². The highest BCUT2D eigenvalue weighted by Gasteiger charge is 2.24. The normalized spacial score (nSPS) is 11.5. The van der Waals surface area contributed by atoms with Crippen LogP contribution >= 0.6 is 0 Å². The monoisotopic (exact) mass is 320 g/mol. The van der Waals surface area contributed by atoms with Gasteiger partial charge in [0.15, 0.2) is 0 Å². The summed E-state index contributed by atoms with van der Waals surface area (Å²) in [4.78, 5) is 9.52. The van der Waals surface area contributed by atoms with Crippen LogP contribution in [0.4, 0.5) is 17.1 Å². The smallest absolute Gasteiger partial charge is 0.295 e. The number of nitro groups is 1. The number of anilines is 2. The second-order valence-electron chi connectivity index (χ2n) is 3.94. The summed E-state index contributed by atoms with van der Waals surface area (Å²) in [6, 6.07) is 2.03. The number of rotatable bonds is 8. The van der Waals surface area contributed by atoms with Crippen LogP contribution in [0.5, 0.6) is 0 Å². The number of nitrogens with two attached hydrogens (primary N) is 2. The summed E-state index contributed by atoms with van der Waals surface area (Å²) in [6.45, 7) is -0.150. The second-order valence-corrected chi connectivity index (χ2v) is 5.68. The number of benzene rings is 1. The Bertz CT molecular complexity index is 618. The molecule has 0 aromatic heterocycles. The Kier molecular flexibility index (Phi) is 5.84. The number of aliphatic hydroxyl groups excluding tert-OH is 1. The fourth-order valence-corrected chi connectivity index (χ4v) is 2.69. The Balaban J connectivity index is 2.95. The third-order valence-corrected chi connectivity index (χ3v) is 3.90. The van der Waals surface area contributed by atoms with E-state index in [1.54, 1.807) is 0 Å². The Labute approximate surface area is 120 Å². The molecule has 1 aromatic carbocycles. The quantitative estimate of drug-likeness (QED) is 0.205. The number of hydrogen-bond donors (Lipinski definition) is 4. The average Bonchev–Trinajstić information content (AvgIpc) is 2.40. The Hall–Kier alpha value is -1.95. The minimum absolute atomic E-state index is 0.0318. The SMILES string of the molecule is Nc1cc([N+](=O)[O-])c(N)c(S(=O)(=O)NCCOCCO)c1. The van der Waals surface area contributed by atoms with Crippen molar-refractivity contribution in [2.75, 3.05) is 37.8 Å². The summed E-state index contributed by atoms with van der Waals surface area (Å²) in [5.74, 6) is 0. The molecule has 1 rings (SSSR count). The van der Waals surface area contributed by atoms with Gasteiger partial charge in [0.25, 0.3) is 5.69 Å². The molecule has 0 atom stereocenters. The molecule has 0 fully saturated rings. The van der Waals surface area contributed by atoms with Gasteiger partial charge in [0.05, 0.1) is 24.7 Å². The van der Waals surface area contributed by atoms with Crippen molar-refractivity contribution in [3.05, 3.63) is 22.2 Å². The zero-order valence-electron chi connectivity index (χ0n) is 11.0. The minimum Gasteiger partial charge on any atom is -0.398 e. The zero-order valence-corrected chi connectivity index (χ0v) is 11.8. The predicted molar refractivity (Wildman–Crippen MR) is 75.0 cm³/mol. The first kappa shape index (κ1) is 17.1. The molecule has 0 saturated heterocycles. The van der Waals surface area contributed by atoms with Crippen molar-refractivity contribution < 1.29 is 23.2 Å². The van der Waals surface area contributed by atoms with Crippen molar-refractivity contribution in [3.63, 3.8) is 0 Å². The van der Waals surface area contributed by atoms with Gasteiger partial charge in [-0.1, -0.05) is 0 Å². The van der Waals surface area contributed by atoms with Crippen LogP contribution in [-0.4, -0.2) is 44.8 Å². The first-order valence-corrected chi connectivity index (χ1v) is 7.29. The van der Waals surface area contributed by atoms with Gasteiger partial charge in [0, 0.05) is 18.3 Å². The summed E-state index contributed by atoms with van der Waals surface area (Å²) < 4.78 is 31.1. The van der Waals surface area contributed by atoms with Crippen molar-refractivity contribution >= 4 is 27.1 Å². The van der Waals surface area contributed by atoms with Crippen LogP contribution < -0.4 is 16.2 Å². The molecule has 0 heterocycles. The standard InChI is InChI=1S/C10H16N4O6S/c11-7-5-8(14(16)17)10(12)9(6-7)21(18,19)13-1-3-20-4-2-15/h5-6,13,15H,1-4,11-12H2. The average molecular weight is 320 g/mol. The number of ether oxygens (including phenoxy) is 1. The van der Waals surface area contributed by atoms with Crippen LogP contribution in [0.25, 0.3) is 0 Å². The fourth-order valence-electron chi connectivity index (χ4n) is 1.50. The molecule has 0 amide bonds. The molecule has 11 heteroatoms. The third kappa shape index (κ3) is 4.53. The van der Waals surface area contributed by atoms with Crippen molar-refractivity contribution in [3.8, 4) is 0 Å². The Morgan fingerprint density at radius 3 is 2.57 bits per heavy atom. The first-order chi connectivity index (χ1) is 9.79. The topological polar surface area (TPSA) is 171 Å². The molecule has 0 unspecified atom stereocenters. The predicted octanol–water partition coefficient (Wildman–Crippen LogP) is -0.954. The molecule has 0 aliphatic heterocycles. The van der Waals surface area contributed by atoms with E-state index in [-0.39, 0.29) is 32.1 Å². The number of nitrogens with zero attached hydrogens (tertiary/aromatic N) is 1. The largest absolute Gasteiger partial charge is 0.398 e. The van der Waals surface area contributed by atoms with E-state index in [9.17, 15) is 18.5 Å². The Morgan fingerprint density at radius 2 is 2.00 bits per heavy atom. The van der Waals surface area contributed by atoms with E-state index in [1.165, 1.54) is 0 Å². The van der Waals surface area contributed by atoms with E-state index in [0.717, 1.165) is 12.1 Å². The molecule has 1 aromatic rings. The minimum atomic E-state index is -4.06. The lowest BCUT2D eigenvalue weighted by atomic mass is 10.2. The summed E-state index contributed by atoms with van der Waals surface area (Å²) in [7, 11) is -4.06. The lowest BCUT2D eigenvalue weighted by Gasteiger charge is -2.10.